The monoisotopic (exact) mass is 188 g/mol. The molecule has 0 radical (unpaired) electrons. The minimum atomic E-state index is 0.474. The van der Waals surface area contributed by atoms with Crippen molar-refractivity contribution in [2.75, 3.05) is 0 Å². The predicted molar refractivity (Wildman–Crippen MR) is 59.6 cm³/mol. The van der Waals surface area contributed by atoms with Gasteiger partial charge in [-0.05, 0) is 51.0 Å². The highest BCUT2D eigenvalue weighted by Gasteiger charge is 2.06. The first-order chi connectivity index (χ1) is 6.59. The number of aryl methyl sites for hydroxylation is 2. The Hall–Kier alpha value is -1.31. The van der Waals surface area contributed by atoms with Gasteiger partial charge in [-0.15, -0.1) is 0 Å². The van der Waals surface area contributed by atoms with Gasteiger partial charge in [-0.2, -0.15) is 0 Å². The third-order valence-corrected chi connectivity index (χ3v) is 2.75. The molecule has 1 aromatic carbocycles. The normalized spacial score (nSPS) is 11.5. The highest BCUT2D eigenvalue weighted by atomic mass is 15.1. The predicted octanol–water partition coefficient (Wildman–Crippen LogP) is 3.23. The maximum Gasteiger partial charge on any atom is 0.0960 e. The lowest BCUT2D eigenvalue weighted by Crippen LogP contribution is -1.98. The molecule has 0 unspecified atom stereocenters. The molecule has 2 aromatic rings. The van der Waals surface area contributed by atoms with Crippen LogP contribution in [-0.4, -0.2) is 9.55 Å². The summed E-state index contributed by atoms with van der Waals surface area (Å²) < 4.78 is 2.21. The van der Waals surface area contributed by atoms with Gasteiger partial charge in [0.05, 0.1) is 17.4 Å². The summed E-state index contributed by atoms with van der Waals surface area (Å²) in [5.74, 6) is 0. The van der Waals surface area contributed by atoms with Crippen molar-refractivity contribution in [1.29, 1.82) is 0 Å². The maximum atomic E-state index is 4.40. The van der Waals surface area contributed by atoms with Crippen molar-refractivity contribution >= 4 is 11.0 Å². The zero-order valence-corrected chi connectivity index (χ0v) is 9.20. The largest absolute Gasteiger partial charge is 0.328 e. The number of aromatic nitrogens is 2. The van der Waals surface area contributed by atoms with Gasteiger partial charge in [0.2, 0.25) is 0 Å². The van der Waals surface area contributed by atoms with Crippen LogP contribution in [0.2, 0.25) is 0 Å². The van der Waals surface area contributed by atoms with Crippen molar-refractivity contribution < 1.29 is 0 Å². The molecule has 0 saturated heterocycles. The van der Waals surface area contributed by atoms with E-state index < -0.39 is 0 Å². The number of benzene rings is 1. The fourth-order valence-electron chi connectivity index (χ4n) is 1.69. The van der Waals surface area contributed by atoms with Gasteiger partial charge in [-0.1, -0.05) is 0 Å². The van der Waals surface area contributed by atoms with E-state index in [1.54, 1.807) is 0 Å². The van der Waals surface area contributed by atoms with E-state index in [1.165, 1.54) is 16.6 Å². The number of hydrogen-bond acceptors (Lipinski definition) is 1. The summed E-state index contributed by atoms with van der Waals surface area (Å²) in [7, 11) is 0. The average molecular weight is 188 g/mol. The SMILES string of the molecule is Cc1cc2ncn(C(C)C)c2cc1C. The number of fused-ring (bicyclic) bond motifs is 1. The zero-order chi connectivity index (χ0) is 10.3. The molecule has 0 spiro atoms. The highest BCUT2D eigenvalue weighted by Crippen LogP contribution is 2.20. The van der Waals surface area contributed by atoms with E-state index in [-0.39, 0.29) is 0 Å². The molecular weight excluding hydrogens is 172 g/mol. The van der Waals surface area contributed by atoms with Crippen LogP contribution in [0.15, 0.2) is 18.5 Å². The van der Waals surface area contributed by atoms with E-state index in [2.05, 4.69) is 49.4 Å². The molecule has 0 N–H and O–H groups in total. The summed E-state index contributed by atoms with van der Waals surface area (Å²) in [5.41, 5.74) is 4.98. The lowest BCUT2D eigenvalue weighted by molar-refractivity contribution is 0.617. The second-order valence-electron chi connectivity index (χ2n) is 4.17. The van der Waals surface area contributed by atoms with Gasteiger partial charge in [0.25, 0.3) is 0 Å². The Morgan fingerprint density at radius 1 is 1.14 bits per heavy atom. The van der Waals surface area contributed by atoms with Gasteiger partial charge in [0.15, 0.2) is 0 Å². The standard InChI is InChI=1S/C12H16N2/c1-8(2)14-7-13-11-5-9(3)10(4)6-12(11)14/h5-8H,1-4H3. The minimum Gasteiger partial charge on any atom is -0.328 e. The molecule has 14 heavy (non-hydrogen) atoms. The van der Waals surface area contributed by atoms with Crippen LogP contribution in [0.25, 0.3) is 11.0 Å². The molecule has 1 heterocycles. The smallest absolute Gasteiger partial charge is 0.0960 e. The quantitative estimate of drug-likeness (QED) is 0.671. The third kappa shape index (κ3) is 1.31. The van der Waals surface area contributed by atoms with Crippen LogP contribution in [-0.2, 0) is 0 Å². The molecule has 0 fully saturated rings. The summed E-state index contributed by atoms with van der Waals surface area (Å²) in [5, 5.41) is 0. The maximum absolute atomic E-state index is 4.40. The molecule has 2 rings (SSSR count). The molecule has 0 aliphatic heterocycles. The van der Waals surface area contributed by atoms with Crippen LogP contribution in [0.3, 0.4) is 0 Å². The Bertz CT molecular complexity index is 466. The average Bonchev–Trinajstić information content (AvgIpc) is 2.48. The van der Waals surface area contributed by atoms with Gasteiger partial charge in [0, 0.05) is 6.04 Å². The molecule has 0 bridgehead atoms. The fraction of sp³-hybridized carbons (Fsp3) is 0.417. The van der Waals surface area contributed by atoms with Crippen molar-refractivity contribution in [2.24, 2.45) is 0 Å². The van der Waals surface area contributed by atoms with Gasteiger partial charge in [0.1, 0.15) is 0 Å². The van der Waals surface area contributed by atoms with Crippen molar-refractivity contribution in [3.8, 4) is 0 Å². The molecular formula is C12H16N2. The van der Waals surface area contributed by atoms with Crippen molar-refractivity contribution in [3.05, 3.63) is 29.6 Å². The highest BCUT2D eigenvalue weighted by molar-refractivity contribution is 5.77. The van der Waals surface area contributed by atoms with E-state index in [1.807, 2.05) is 6.33 Å². The first kappa shape index (κ1) is 9.25. The molecule has 1 aromatic heterocycles. The minimum absolute atomic E-state index is 0.474. The van der Waals surface area contributed by atoms with Gasteiger partial charge in [-0.3, -0.25) is 0 Å². The molecule has 2 heteroatoms. The molecule has 74 valence electrons. The Morgan fingerprint density at radius 3 is 2.43 bits per heavy atom. The van der Waals surface area contributed by atoms with Gasteiger partial charge < -0.3 is 4.57 Å². The molecule has 0 aliphatic carbocycles. The van der Waals surface area contributed by atoms with Crippen molar-refractivity contribution in [3.63, 3.8) is 0 Å². The van der Waals surface area contributed by atoms with Gasteiger partial charge in [-0.25, -0.2) is 4.98 Å². The number of rotatable bonds is 1. The second-order valence-corrected chi connectivity index (χ2v) is 4.17. The van der Waals surface area contributed by atoms with Crippen molar-refractivity contribution in [2.45, 2.75) is 33.7 Å². The van der Waals surface area contributed by atoms with E-state index in [4.69, 9.17) is 0 Å². The van der Waals surface area contributed by atoms with Crippen LogP contribution in [0.4, 0.5) is 0 Å². The Morgan fingerprint density at radius 2 is 1.79 bits per heavy atom. The van der Waals surface area contributed by atoms with Crippen LogP contribution in [0.1, 0.15) is 31.0 Å². The van der Waals surface area contributed by atoms with Crippen molar-refractivity contribution in [1.82, 2.24) is 9.55 Å². The Balaban J connectivity index is 2.74. The molecule has 0 aliphatic rings. The topological polar surface area (TPSA) is 17.8 Å². The lowest BCUT2D eigenvalue weighted by Gasteiger charge is -2.08. The Kier molecular flexibility index (Phi) is 2.06. The van der Waals surface area contributed by atoms with E-state index in [9.17, 15) is 0 Å². The van der Waals surface area contributed by atoms with Crippen LogP contribution in [0, 0.1) is 13.8 Å². The van der Waals surface area contributed by atoms with E-state index in [0.29, 0.717) is 6.04 Å². The Labute approximate surface area is 84.6 Å². The number of imidazole rings is 1. The number of nitrogens with zero attached hydrogens (tertiary/aromatic N) is 2. The number of hydrogen-bond donors (Lipinski definition) is 0. The van der Waals surface area contributed by atoms with Crippen LogP contribution < -0.4 is 0 Å². The molecule has 0 atom stereocenters. The van der Waals surface area contributed by atoms with Crippen LogP contribution in [0.5, 0.6) is 0 Å². The molecule has 0 amide bonds. The molecule has 2 nitrogen and oxygen atoms in total. The van der Waals surface area contributed by atoms with E-state index in [0.717, 1.165) is 5.52 Å². The zero-order valence-electron chi connectivity index (χ0n) is 9.20. The molecule has 0 saturated carbocycles. The van der Waals surface area contributed by atoms with E-state index >= 15 is 0 Å². The first-order valence-corrected chi connectivity index (χ1v) is 5.03. The van der Waals surface area contributed by atoms with Gasteiger partial charge >= 0.3 is 0 Å². The van der Waals surface area contributed by atoms with Crippen LogP contribution >= 0.6 is 0 Å². The summed E-state index contributed by atoms with van der Waals surface area (Å²) in [4.78, 5) is 4.40. The first-order valence-electron chi connectivity index (χ1n) is 5.03. The fourth-order valence-corrected chi connectivity index (χ4v) is 1.69. The lowest BCUT2D eigenvalue weighted by atomic mass is 10.1. The summed E-state index contributed by atoms with van der Waals surface area (Å²) >= 11 is 0. The third-order valence-electron chi connectivity index (χ3n) is 2.75. The summed E-state index contributed by atoms with van der Waals surface area (Å²) in [6.45, 7) is 8.63. The summed E-state index contributed by atoms with van der Waals surface area (Å²) in [6.07, 6.45) is 1.92. The summed E-state index contributed by atoms with van der Waals surface area (Å²) in [6, 6.07) is 4.85. The second kappa shape index (κ2) is 3.12.